The third-order valence-electron chi connectivity index (χ3n) is 4.85. The predicted octanol–water partition coefficient (Wildman–Crippen LogP) is 0.909. The van der Waals surface area contributed by atoms with Gasteiger partial charge in [0.15, 0.2) is 0 Å². The number of aliphatic hydroxyl groups is 1. The molecule has 1 atom stereocenters. The minimum absolute atomic E-state index is 0.0501. The van der Waals surface area contributed by atoms with Crippen molar-refractivity contribution in [1.82, 2.24) is 15.1 Å². The number of rotatable bonds is 4. The summed E-state index contributed by atoms with van der Waals surface area (Å²) in [5, 5.41) is 13.5. The van der Waals surface area contributed by atoms with Crippen molar-refractivity contribution in [2.45, 2.75) is 44.6 Å². The molecule has 19 heavy (non-hydrogen) atoms. The number of aliphatic hydroxyl groups excluding tert-OH is 1. The monoisotopic (exact) mass is 269 g/mol. The summed E-state index contributed by atoms with van der Waals surface area (Å²) in [4.78, 5) is 5.15. The maximum Gasteiger partial charge on any atom is 0.0615 e. The van der Waals surface area contributed by atoms with Crippen molar-refractivity contribution in [3.8, 4) is 0 Å². The van der Waals surface area contributed by atoms with E-state index < -0.39 is 0 Å². The van der Waals surface area contributed by atoms with Crippen molar-refractivity contribution in [3.05, 3.63) is 0 Å². The number of nitrogens with zero attached hydrogens (tertiary/aromatic N) is 2. The maximum absolute atomic E-state index is 10.0. The smallest absolute Gasteiger partial charge is 0.0615 e. The van der Waals surface area contributed by atoms with E-state index in [0.29, 0.717) is 6.61 Å². The van der Waals surface area contributed by atoms with Crippen LogP contribution in [0.15, 0.2) is 0 Å². The highest BCUT2D eigenvalue weighted by Gasteiger charge is 2.37. The first kappa shape index (κ1) is 15.2. The molecule has 2 aliphatic rings. The lowest BCUT2D eigenvalue weighted by atomic mass is 9.89. The third kappa shape index (κ3) is 3.91. The summed E-state index contributed by atoms with van der Waals surface area (Å²) < 4.78 is 0. The molecule has 4 heteroatoms. The van der Waals surface area contributed by atoms with E-state index >= 15 is 0 Å². The molecule has 112 valence electrons. The number of nitrogens with one attached hydrogen (secondary N) is 1. The molecule has 0 aliphatic carbocycles. The Kier molecular flexibility index (Phi) is 6.07. The standard InChI is InChI=1S/C15H31N3O/c1-2-9-17-10-3-5-15(14-19,6-12-17)18-11-4-7-16-8-13-18/h16,19H,2-14H2,1H3. The highest BCUT2D eigenvalue weighted by atomic mass is 16.3. The van der Waals surface area contributed by atoms with Gasteiger partial charge in [-0.15, -0.1) is 0 Å². The minimum atomic E-state index is 0.0501. The van der Waals surface area contributed by atoms with Gasteiger partial charge in [-0.3, -0.25) is 4.90 Å². The van der Waals surface area contributed by atoms with Gasteiger partial charge in [0.1, 0.15) is 0 Å². The summed E-state index contributed by atoms with van der Waals surface area (Å²) in [6.45, 7) is 10.6. The Morgan fingerprint density at radius 3 is 2.74 bits per heavy atom. The fourth-order valence-corrected chi connectivity index (χ4v) is 3.67. The first-order valence-electron chi connectivity index (χ1n) is 8.10. The summed E-state index contributed by atoms with van der Waals surface area (Å²) >= 11 is 0. The molecule has 0 aromatic carbocycles. The van der Waals surface area contributed by atoms with Crippen molar-refractivity contribution >= 4 is 0 Å². The molecule has 0 radical (unpaired) electrons. The van der Waals surface area contributed by atoms with E-state index in [1.165, 1.54) is 32.4 Å². The van der Waals surface area contributed by atoms with Crippen molar-refractivity contribution < 1.29 is 5.11 Å². The van der Waals surface area contributed by atoms with Gasteiger partial charge in [0.25, 0.3) is 0 Å². The lowest BCUT2D eigenvalue weighted by Gasteiger charge is -2.42. The van der Waals surface area contributed by atoms with E-state index in [4.69, 9.17) is 0 Å². The summed E-state index contributed by atoms with van der Waals surface area (Å²) in [5.41, 5.74) is 0.0501. The molecule has 0 amide bonds. The molecule has 2 fully saturated rings. The Hall–Kier alpha value is -0.160. The highest BCUT2D eigenvalue weighted by molar-refractivity contribution is 4.94. The summed E-state index contributed by atoms with van der Waals surface area (Å²) in [6, 6.07) is 0. The van der Waals surface area contributed by atoms with E-state index in [0.717, 1.165) is 45.6 Å². The van der Waals surface area contributed by atoms with Gasteiger partial charge in [-0.1, -0.05) is 6.92 Å². The Labute approximate surface area is 118 Å². The molecule has 2 rings (SSSR count). The highest BCUT2D eigenvalue weighted by Crippen LogP contribution is 2.29. The zero-order chi connectivity index (χ0) is 13.6. The van der Waals surface area contributed by atoms with Crippen molar-refractivity contribution in [3.63, 3.8) is 0 Å². The quantitative estimate of drug-likeness (QED) is 0.796. The van der Waals surface area contributed by atoms with E-state index in [1.807, 2.05) is 0 Å². The van der Waals surface area contributed by atoms with Gasteiger partial charge in [0.05, 0.1) is 6.61 Å². The van der Waals surface area contributed by atoms with Gasteiger partial charge in [0.2, 0.25) is 0 Å². The van der Waals surface area contributed by atoms with Gasteiger partial charge in [-0.05, 0) is 58.3 Å². The average molecular weight is 269 g/mol. The topological polar surface area (TPSA) is 38.7 Å². The summed E-state index contributed by atoms with van der Waals surface area (Å²) in [7, 11) is 0. The van der Waals surface area contributed by atoms with Crippen LogP contribution in [0.25, 0.3) is 0 Å². The number of likely N-dealkylation sites (tertiary alicyclic amines) is 1. The second-order valence-corrected chi connectivity index (χ2v) is 6.17. The minimum Gasteiger partial charge on any atom is -0.394 e. The molecule has 4 nitrogen and oxygen atoms in total. The van der Waals surface area contributed by atoms with Gasteiger partial charge in [-0.25, -0.2) is 0 Å². The van der Waals surface area contributed by atoms with E-state index in [1.54, 1.807) is 0 Å². The molecule has 1 unspecified atom stereocenters. The van der Waals surface area contributed by atoms with Gasteiger partial charge in [0, 0.05) is 25.2 Å². The second-order valence-electron chi connectivity index (χ2n) is 6.17. The fourth-order valence-electron chi connectivity index (χ4n) is 3.67. The van der Waals surface area contributed by atoms with Gasteiger partial charge in [-0.2, -0.15) is 0 Å². The molecule has 0 aromatic heterocycles. The van der Waals surface area contributed by atoms with Crippen LogP contribution in [0.4, 0.5) is 0 Å². The van der Waals surface area contributed by atoms with Crippen LogP contribution in [-0.2, 0) is 0 Å². The first-order valence-corrected chi connectivity index (χ1v) is 8.10. The van der Waals surface area contributed by atoms with Crippen molar-refractivity contribution in [1.29, 1.82) is 0 Å². The molecule has 2 heterocycles. The van der Waals surface area contributed by atoms with Crippen LogP contribution >= 0.6 is 0 Å². The Bertz CT molecular complexity index is 254. The molecule has 2 saturated heterocycles. The average Bonchev–Trinajstić information content (AvgIpc) is 2.81. The van der Waals surface area contributed by atoms with Crippen molar-refractivity contribution in [2.75, 3.05) is 52.4 Å². The molecule has 0 spiro atoms. The summed E-state index contributed by atoms with van der Waals surface area (Å²) in [6.07, 6.45) is 5.96. The molecule has 2 aliphatic heterocycles. The van der Waals surface area contributed by atoms with Crippen LogP contribution in [0.1, 0.15) is 39.0 Å². The molecular formula is C15H31N3O. The van der Waals surface area contributed by atoms with E-state index in [2.05, 4.69) is 22.0 Å². The van der Waals surface area contributed by atoms with Crippen molar-refractivity contribution in [2.24, 2.45) is 0 Å². The molecule has 0 bridgehead atoms. The van der Waals surface area contributed by atoms with Gasteiger partial charge < -0.3 is 15.3 Å². The molecule has 2 N–H and O–H groups in total. The molecular weight excluding hydrogens is 238 g/mol. The zero-order valence-corrected chi connectivity index (χ0v) is 12.5. The Morgan fingerprint density at radius 1 is 1.05 bits per heavy atom. The van der Waals surface area contributed by atoms with Crippen LogP contribution < -0.4 is 5.32 Å². The maximum atomic E-state index is 10.0. The summed E-state index contributed by atoms with van der Waals surface area (Å²) in [5.74, 6) is 0. The van der Waals surface area contributed by atoms with Crippen LogP contribution in [0.3, 0.4) is 0 Å². The predicted molar refractivity (Wildman–Crippen MR) is 79.5 cm³/mol. The SMILES string of the molecule is CCCN1CCCC(CO)(N2CCCNCC2)CC1. The molecule has 0 saturated carbocycles. The number of hydrogen-bond donors (Lipinski definition) is 2. The lowest BCUT2D eigenvalue weighted by Crippen LogP contribution is -2.53. The van der Waals surface area contributed by atoms with Gasteiger partial charge >= 0.3 is 0 Å². The Morgan fingerprint density at radius 2 is 1.95 bits per heavy atom. The largest absolute Gasteiger partial charge is 0.394 e. The normalized spacial score (nSPS) is 31.9. The number of hydrogen-bond acceptors (Lipinski definition) is 4. The third-order valence-corrected chi connectivity index (χ3v) is 4.85. The van der Waals surface area contributed by atoms with Crippen LogP contribution in [0.5, 0.6) is 0 Å². The zero-order valence-electron chi connectivity index (χ0n) is 12.5. The lowest BCUT2D eigenvalue weighted by molar-refractivity contribution is 0.0215. The second kappa shape index (κ2) is 7.58. The van der Waals surface area contributed by atoms with Crippen LogP contribution in [0.2, 0.25) is 0 Å². The fraction of sp³-hybridized carbons (Fsp3) is 1.00. The van der Waals surface area contributed by atoms with E-state index in [9.17, 15) is 5.11 Å². The molecule has 0 aromatic rings. The van der Waals surface area contributed by atoms with E-state index in [-0.39, 0.29) is 5.54 Å². The van der Waals surface area contributed by atoms with Crippen LogP contribution in [-0.4, -0.2) is 72.9 Å². The Balaban J connectivity index is 2.00. The van der Waals surface area contributed by atoms with Crippen LogP contribution in [0, 0.1) is 0 Å². The first-order chi connectivity index (χ1) is 9.30.